The lowest BCUT2D eigenvalue weighted by atomic mass is 10.1. The number of hydrogen-bond acceptors (Lipinski definition) is 5. The van der Waals surface area contributed by atoms with E-state index in [1.54, 1.807) is 6.92 Å². The van der Waals surface area contributed by atoms with Gasteiger partial charge >= 0.3 is 0 Å². The van der Waals surface area contributed by atoms with Crippen LogP contribution in [0.25, 0.3) is 0 Å². The van der Waals surface area contributed by atoms with Crippen molar-refractivity contribution in [3.05, 3.63) is 0 Å². The molecule has 2 N–H and O–H groups in total. The van der Waals surface area contributed by atoms with Crippen molar-refractivity contribution in [3.63, 3.8) is 0 Å². The second-order valence-electron chi connectivity index (χ2n) is 4.61. The maximum absolute atomic E-state index is 12.0. The molecule has 0 bridgehead atoms. The molecule has 18 heavy (non-hydrogen) atoms. The molecule has 1 saturated heterocycles. The fraction of sp³-hybridized carbons (Fsp3) is 0.909. The van der Waals surface area contributed by atoms with E-state index in [0.717, 1.165) is 6.42 Å². The topological polar surface area (TPSA) is 83.5 Å². The van der Waals surface area contributed by atoms with Crippen molar-refractivity contribution >= 4 is 27.5 Å². The minimum Gasteiger partial charge on any atom is -0.395 e. The highest BCUT2D eigenvalue weighted by molar-refractivity contribution is 7.99. The molecule has 0 aromatic rings. The van der Waals surface area contributed by atoms with Crippen molar-refractivity contribution < 1.29 is 18.3 Å². The molecule has 106 valence electrons. The summed E-state index contributed by atoms with van der Waals surface area (Å²) in [4.78, 5) is 12.0. The molecule has 0 saturated carbocycles. The summed E-state index contributed by atoms with van der Waals surface area (Å²) in [6, 6.07) is -0.241. The van der Waals surface area contributed by atoms with E-state index in [9.17, 15) is 13.2 Å². The molecule has 5 nitrogen and oxygen atoms in total. The van der Waals surface area contributed by atoms with E-state index >= 15 is 0 Å². The predicted molar refractivity (Wildman–Crippen MR) is 73.4 cm³/mol. The summed E-state index contributed by atoms with van der Waals surface area (Å²) < 4.78 is 23.6. The van der Waals surface area contributed by atoms with Gasteiger partial charge in [-0.1, -0.05) is 6.42 Å². The first-order valence-corrected chi connectivity index (χ1v) is 9.08. The number of sulfone groups is 1. The number of thioether (sulfide) groups is 1. The molecule has 1 fully saturated rings. The van der Waals surface area contributed by atoms with E-state index in [4.69, 9.17) is 5.11 Å². The van der Waals surface area contributed by atoms with Gasteiger partial charge < -0.3 is 10.4 Å². The summed E-state index contributed by atoms with van der Waals surface area (Å²) in [7, 11) is -3.29. The largest absolute Gasteiger partial charge is 0.395 e. The smallest absolute Gasteiger partial charge is 0.238 e. The monoisotopic (exact) mass is 295 g/mol. The van der Waals surface area contributed by atoms with Crippen LogP contribution in [0.5, 0.6) is 0 Å². The van der Waals surface area contributed by atoms with Gasteiger partial charge in [0.2, 0.25) is 5.91 Å². The number of rotatable bonds is 5. The minimum atomic E-state index is -3.29. The van der Waals surface area contributed by atoms with E-state index in [2.05, 4.69) is 5.32 Å². The van der Waals surface area contributed by atoms with E-state index in [-0.39, 0.29) is 23.7 Å². The number of nitrogens with one attached hydrogen (secondary N) is 1. The molecular weight excluding hydrogens is 274 g/mol. The Balaban J connectivity index is 2.64. The van der Waals surface area contributed by atoms with Crippen molar-refractivity contribution in [1.82, 2.24) is 5.32 Å². The van der Waals surface area contributed by atoms with Gasteiger partial charge in [0, 0.05) is 11.3 Å². The summed E-state index contributed by atoms with van der Waals surface area (Å²) in [6.07, 6.45) is 3.67. The Morgan fingerprint density at radius 3 is 2.67 bits per heavy atom. The molecule has 0 spiro atoms. The number of aliphatic hydroxyl groups is 1. The molecule has 3 unspecified atom stereocenters. The first-order valence-electron chi connectivity index (χ1n) is 6.08. The van der Waals surface area contributed by atoms with Crippen molar-refractivity contribution in [2.75, 3.05) is 18.6 Å². The third-order valence-electron chi connectivity index (χ3n) is 3.28. The van der Waals surface area contributed by atoms with Crippen LogP contribution in [0.3, 0.4) is 0 Å². The molecule has 7 heteroatoms. The summed E-state index contributed by atoms with van der Waals surface area (Å²) in [5.41, 5.74) is 0. The Bertz CT molecular complexity index is 379. The average molecular weight is 295 g/mol. The van der Waals surface area contributed by atoms with Gasteiger partial charge in [-0.3, -0.25) is 4.79 Å². The van der Waals surface area contributed by atoms with E-state index in [1.807, 2.05) is 6.26 Å². The lowest BCUT2D eigenvalue weighted by Crippen LogP contribution is -2.49. The maximum Gasteiger partial charge on any atom is 0.238 e. The van der Waals surface area contributed by atoms with Crippen LogP contribution >= 0.6 is 11.8 Å². The van der Waals surface area contributed by atoms with Crippen LogP contribution in [-0.4, -0.2) is 54.6 Å². The number of carbonyl (C=O) groups is 1. The molecule has 1 rings (SSSR count). The summed E-state index contributed by atoms with van der Waals surface area (Å²) in [5, 5.41) is 10.8. The highest BCUT2D eigenvalue weighted by atomic mass is 32.2. The van der Waals surface area contributed by atoms with Gasteiger partial charge in [-0.15, -0.1) is 0 Å². The lowest BCUT2D eigenvalue weighted by molar-refractivity contribution is -0.121. The van der Waals surface area contributed by atoms with Crippen LogP contribution in [0.15, 0.2) is 0 Å². The fourth-order valence-electron chi connectivity index (χ4n) is 2.10. The predicted octanol–water partition coefficient (Wildman–Crippen LogP) is 0.182. The molecule has 0 radical (unpaired) electrons. The van der Waals surface area contributed by atoms with Crippen LogP contribution < -0.4 is 5.32 Å². The zero-order valence-electron chi connectivity index (χ0n) is 10.8. The maximum atomic E-state index is 12.0. The highest BCUT2D eigenvalue weighted by Gasteiger charge is 2.35. The van der Waals surface area contributed by atoms with Crippen molar-refractivity contribution in [2.24, 2.45) is 0 Å². The molecule has 1 aliphatic rings. The van der Waals surface area contributed by atoms with Crippen molar-refractivity contribution in [3.8, 4) is 0 Å². The molecule has 0 aromatic carbocycles. The Morgan fingerprint density at radius 2 is 2.17 bits per heavy atom. The Hall–Kier alpha value is -0.270. The second kappa shape index (κ2) is 6.77. The van der Waals surface area contributed by atoms with Gasteiger partial charge in [0.05, 0.1) is 12.4 Å². The van der Waals surface area contributed by atoms with Crippen molar-refractivity contribution in [1.29, 1.82) is 0 Å². The fourth-order valence-corrected chi connectivity index (χ4v) is 4.53. The molecule has 1 aliphatic heterocycles. The molecule has 0 aliphatic carbocycles. The molecule has 3 atom stereocenters. The van der Waals surface area contributed by atoms with Crippen LogP contribution in [0.2, 0.25) is 0 Å². The first kappa shape index (κ1) is 15.8. The second-order valence-corrected chi connectivity index (χ2v) is 7.99. The number of hydrogen-bond donors (Lipinski definition) is 2. The zero-order valence-corrected chi connectivity index (χ0v) is 12.4. The molecule has 1 heterocycles. The number of aliphatic hydroxyl groups excluding tert-OH is 1. The first-order chi connectivity index (χ1) is 8.42. The van der Waals surface area contributed by atoms with Gasteiger partial charge in [0.1, 0.15) is 5.25 Å². The summed E-state index contributed by atoms with van der Waals surface area (Å²) >= 11 is 1.45. The Morgan fingerprint density at radius 1 is 1.50 bits per heavy atom. The normalized spacial score (nSPS) is 26.3. The zero-order chi connectivity index (χ0) is 13.8. The SMILES string of the molecule is CSC(CO)C(C)NC(=O)C1CCCCS1(=O)=O. The summed E-state index contributed by atoms with van der Waals surface area (Å²) in [5.74, 6) is -0.319. The Labute approximate surface area is 113 Å². The van der Waals surface area contributed by atoms with Gasteiger partial charge in [0.25, 0.3) is 0 Å². The lowest BCUT2D eigenvalue weighted by Gasteiger charge is -2.26. The number of carbonyl (C=O) groups excluding carboxylic acids is 1. The molecule has 0 aromatic heterocycles. The Kier molecular flexibility index (Phi) is 5.94. The third-order valence-corrected chi connectivity index (χ3v) is 6.62. The van der Waals surface area contributed by atoms with Crippen LogP contribution in [0.1, 0.15) is 26.2 Å². The highest BCUT2D eigenvalue weighted by Crippen LogP contribution is 2.20. The molecule has 1 amide bonds. The average Bonchev–Trinajstić information content (AvgIpc) is 2.29. The van der Waals surface area contributed by atoms with Gasteiger partial charge in [0.15, 0.2) is 9.84 Å². The van der Waals surface area contributed by atoms with E-state index in [0.29, 0.717) is 12.8 Å². The standard InChI is InChI=1S/C11H21NO4S2/c1-8(9(7-13)17-2)12-11(14)10-5-3-4-6-18(10,15)16/h8-10,13H,3-7H2,1-2H3,(H,12,14). The van der Waals surface area contributed by atoms with Crippen molar-refractivity contribution in [2.45, 2.75) is 42.7 Å². The quantitative estimate of drug-likeness (QED) is 0.756. The van der Waals surface area contributed by atoms with Crippen LogP contribution in [0.4, 0.5) is 0 Å². The minimum absolute atomic E-state index is 0.0416. The van der Waals surface area contributed by atoms with E-state index < -0.39 is 21.0 Å². The van der Waals surface area contributed by atoms with Crippen LogP contribution in [0, 0.1) is 0 Å². The summed E-state index contributed by atoms with van der Waals surface area (Å²) in [6.45, 7) is 1.74. The number of amides is 1. The van der Waals surface area contributed by atoms with Gasteiger partial charge in [-0.2, -0.15) is 11.8 Å². The van der Waals surface area contributed by atoms with Gasteiger partial charge in [-0.05, 0) is 26.0 Å². The van der Waals surface area contributed by atoms with Gasteiger partial charge in [-0.25, -0.2) is 8.42 Å². The van der Waals surface area contributed by atoms with Crippen LogP contribution in [-0.2, 0) is 14.6 Å². The van der Waals surface area contributed by atoms with E-state index in [1.165, 1.54) is 11.8 Å². The molecular formula is C11H21NO4S2. The third kappa shape index (κ3) is 3.86.